The van der Waals surface area contributed by atoms with Crippen molar-refractivity contribution >= 4 is 28.9 Å². The molecule has 0 bridgehead atoms. The highest BCUT2D eigenvalue weighted by molar-refractivity contribution is 5.89. The van der Waals surface area contributed by atoms with Crippen LogP contribution in [0.25, 0.3) is 11.0 Å². The van der Waals surface area contributed by atoms with Crippen molar-refractivity contribution in [2.24, 2.45) is 0 Å². The molecular formula is C25H35N7O4. The first-order valence-corrected chi connectivity index (χ1v) is 12.4. The molecular weight excluding hydrogens is 462 g/mol. The third-order valence-electron chi connectivity index (χ3n) is 6.44. The molecule has 2 unspecified atom stereocenters. The summed E-state index contributed by atoms with van der Waals surface area (Å²) in [5.74, 6) is 1.44. The topological polar surface area (TPSA) is 135 Å². The Morgan fingerprint density at radius 3 is 2.86 bits per heavy atom. The number of aliphatic hydroxyl groups is 1. The zero-order valence-corrected chi connectivity index (χ0v) is 21.1. The average molecular weight is 498 g/mol. The van der Waals surface area contributed by atoms with Gasteiger partial charge in [-0.25, -0.2) is 9.78 Å². The van der Waals surface area contributed by atoms with Crippen LogP contribution < -0.4 is 20.7 Å². The lowest BCUT2D eigenvalue weighted by Crippen LogP contribution is -2.23. The van der Waals surface area contributed by atoms with E-state index < -0.39 is 6.09 Å². The van der Waals surface area contributed by atoms with Crippen LogP contribution in [0.5, 0.6) is 5.75 Å². The third-order valence-corrected chi connectivity index (χ3v) is 6.44. The van der Waals surface area contributed by atoms with Gasteiger partial charge in [0.05, 0.1) is 27.0 Å². The second-order valence-corrected chi connectivity index (χ2v) is 8.91. The van der Waals surface area contributed by atoms with Gasteiger partial charge in [-0.2, -0.15) is 10.1 Å². The van der Waals surface area contributed by atoms with E-state index >= 15 is 0 Å². The summed E-state index contributed by atoms with van der Waals surface area (Å²) in [6.45, 7) is 3.63. The molecule has 0 saturated carbocycles. The van der Waals surface area contributed by atoms with Crippen molar-refractivity contribution in [2.75, 3.05) is 38.0 Å². The minimum atomic E-state index is -0.658. The van der Waals surface area contributed by atoms with Gasteiger partial charge in [0.15, 0.2) is 5.82 Å². The molecule has 0 spiro atoms. The van der Waals surface area contributed by atoms with Crippen molar-refractivity contribution in [3.63, 3.8) is 0 Å². The molecule has 1 aromatic carbocycles. The number of ether oxygens (including phenoxy) is 2. The van der Waals surface area contributed by atoms with Crippen molar-refractivity contribution in [1.82, 2.24) is 25.1 Å². The van der Waals surface area contributed by atoms with E-state index in [0.29, 0.717) is 35.9 Å². The van der Waals surface area contributed by atoms with Crippen LogP contribution in [0.1, 0.15) is 56.2 Å². The molecule has 0 radical (unpaired) electrons. The fourth-order valence-corrected chi connectivity index (χ4v) is 4.64. The van der Waals surface area contributed by atoms with Crippen LogP contribution in [-0.4, -0.2) is 64.4 Å². The number of methoxy groups -OCH3 is 2. The predicted octanol–water partition coefficient (Wildman–Crippen LogP) is 3.45. The molecule has 4 rings (SSSR count). The van der Waals surface area contributed by atoms with Crippen molar-refractivity contribution in [3.8, 4) is 5.75 Å². The molecule has 11 heteroatoms. The highest BCUT2D eigenvalue weighted by Crippen LogP contribution is 2.30. The van der Waals surface area contributed by atoms with Gasteiger partial charge in [0.1, 0.15) is 16.8 Å². The molecule has 1 amide bonds. The first kappa shape index (κ1) is 25.6. The van der Waals surface area contributed by atoms with Crippen LogP contribution >= 0.6 is 0 Å². The zero-order valence-electron chi connectivity index (χ0n) is 21.1. The van der Waals surface area contributed by atoms with Crippen molar-refractivity contribution in [2.45, 2.75) is 57.7 Å². The van der Waals surface area contributed by atoms with E-state index in [1.807, 2.05) is 4.68 Å². The van der Waals surface area contributed by atoms with E-state index in [2.05, 4.69) is 56.1 Å². The van der Waals surface area contributed by atoms with Crippen molar-refractivity contribution in [1.29, 1.82) is 0 Å². The SMILES string of the molecule is CCCC(CCO)Nc1nc(NC(=O)OC)nc2cnn(Cc3ccc(C4CCCN4)cc3OC)c12. The van der Waals surface area contributed by atoms with Gasteiger partial charge in [-0.3, -0.25) is 10.00 Å². The number of anilines is 2. The number of aromatic nitrogens is 4. The van der Waals surface area contributed by atoms with Gasteiger partial charge in [-0.15, -0.1) is 0 Å². The molecule has 1 aliphatic rings. The van der Waals surface area contributed by atoms with Crippen LogP contribution in [-0.2, 0) is 11.3 Å². The van der Waals surface area contributed by atoms with E-state index in [9.17, 15) is 9.90 Å². The van der Waals surface area contributed by atoms with Gasteiger partial charge in [0, 0.05) is 24.3 Å². The van der Waals surface area contributed by atoms with Gasteiger partial charge in [0.2, 0.25) is 5.95 Å². The fourth-order valence-electron chi connectivity index (χ4n) is 4.64. The Balaban J connectivity index is 1.70. The molecule has 11 nitrogen and oxygen atoms in total. The van der Waals surface area contributed by atoms with Crippen LogP contribution in [0.3, 0.4) is 0 Å². The summed E-state index contributed by atoms with van der Waals surface area (Å²) < 4.78 is 12.3. The van der Waals surface area contributed by atoms with Crippen molar-refractivity contribution in [3.05, 3.63) is 35.5 Å². The molecule has 2 aromatic heterocycles. The van der Waals surface area contributed by atoms with Gasteiger partial charge >= 0.3 is 6.09 Å². The first-order valence-electron chi connectivity index (χ1n) is 12.4. The summed E-state index contributed by atoms with van der Waals surface area (Å²) in [6, 6.07) is 6.66. The first-order chi connectivity index (χ1) is 17.6. The maximum atomic E-state index is 11.8. The second kappa shape index (κ2) is 12.0. The fraction of sp³-hybridized carbons (Fsp3) is 0.520. The number of aliphatic hydroxyl groups excluding tert-OH is 1. The highest BCUT2D eigenvalue weighted by Gasteiger charge is 2.21. The minimum absolute atomic E-state index is 0.000146. The number of benzene rings is 1. The average Bonchev–Trinajstić information content (AvgIpc) is 3.55. The smallest absolute Gasteiger partial charge is 0.413 e. The second-order valence-electron chi connectivity index (χ2n) is 8.91. The number of fused-ring (bicyclic) bond motifs is 1. The number of hydrogen-bond acceptors (Lipinski definition) is 9. The van der Waals surface area contributed by atoms with E-state index in [-0.39, 0.29) is 18.6 Å². The lowest BCUT2D eigenvalue weighted by atomic mass is 10.0. The lowest BCUT2D eigenvalue weighted by molar-refractivity contribution is 0.186. The summed E-state index contributed by atoms with van der Waals surface area (Å²) in [5.41, 5.74) is 3.47. The molecule has 4 N–H and O–H groups in total. The maximum absolute atomic E-state index is 11.8. The van der Waals surface area contributed by atoms with Gasteiger partial charge < -0.3 is 25.2 Å². The zero-order chi connectivity index (χ0) is 25.5. The van der Waals surface area contributed by atoms with Crippen LogP contribution in [0.2, 0.25) is 0 Å². The highest BCUT2D eigenvalue weighted by atomic mass is 16.5. The third kappa shape index (κ3) is 5.85. The number of hydrogen-bond donors (Lipinski definition) is 4. The molecule has 1 fully saturated rings. The number of nitrogens with one attached hydrogen (secondary N) is 3. The normalized spacial score (nSPS) is 16.2. The molecule has 3 heterocycles. The molecule has 1 aliphatic heterocycles. The maximum Gasteiger partial charge on any atom is 0.413 e. The Labute approximate surface area is 210 Å². The van der Waals surface area contributed by atoms with Crippen LogP contribution in [0, 0.1) is 0 Å². The Morgan fingerprint density at radius 2 is 2.17 bits per heavy atom. The summed E-state index contributed by atoms with van der Waals surface area (Å²) in [4.78, 5) is 20.8. The van der Waals surface area contributed by atoms with Crippen LogP contribution in [0.4, 0.5) is 16.6 Å². The summed E-state index contributed by atoms with van der Waals surface area (Å²) in [5, 5.41) is 23.6. The number of rotatable bonds is 11. The number of carbonyl (C=O) groups excluding carboxylic acids is 1. The lowest BCUT2D eigenvalue weighted by Gasteiger charge is -2.19. The Kier molecular flexibility index (Phi) is 8.55. The summed E-state index contributed by atoms with van der Waals surface area (Å²) in [7, 11) is 2.96. The molecule has 36 heavy (non-hydrogen) atoms. The van der Waals surface area contributed by atoms with E-state index in [4.69, 9.17) is 9.47 Å². The van der Waals surface area contributed by atoms with Gasteiger partial charge in [0.25, 0.3) is 0 Å². The summed E-state index contributed by atoms with van der Waals surface area (Å²) >= 11 is 0. The predicted molar refractivity (Wildman–Crippen MR) is 137 cm³/mol. The molecule has 0 aliphatic carbocycles. The number of carbonyl (C=O) groups is 1. The van der Waals surface area contributed by atoms with Gasteiger partial charge in [-0.05, 0) is 43.9 Å². The Hall–Kier alpha value is -3.44. The Bertz CT molecular complexity index is 1170. The number of nitrogens with zero attached hydrogens (tertiary/aromatic N) is 4. The quantitative estimate of drug-likeness (QED) is 0.314. The Morgan fingerprint density at radius 1 is 1.31 bits per heavy atom. The molecule has 3 aromatic rings. The van der Waals surface area contributed by atoms with E-state index in [1.54, 1.807) is 13.3 Å². The molecule has 2 atom stereocenters. The monoisotopic (exact) mass is 497 g/mol. The number of amides is 1. The standard InChI is InChI=1S/C25H35N7O4/c1-4-6-18(10-12-33)28-23-22-20(29-24(30-23)31-25(34)36-3)14-27-32(22)15-17-9-8-16(13-21(17)35-2)19-7-5-11-26-19/h8-9,13-14,18-19,26,33H,4-7,10-12,15H2,1-3H3,(H2,28,29,30,31,34). The summed E-state index contributed by atoms with van der Waals surface area (Å²) in [6.07, 6.45) is 5.64. The van der Waals surface area contributed by atoms with E-state index in [1.165, 1.54) is 19.1 Å². The largest absolute Gasteiger partial charge is 0.496 e. The minimum Gasteiger partial charge on any atom is -0.496 e. The molecule has 194 valence electrons. The van der Waals surface area contributed by atoms with Crippen molar-refractivity contribution < 1.29 is 19.4 Å². The van der Waals surface area contributed by atoms with Crippen LogP contribution in [0.15, 0.2) is 24.4 Å². The molecule has 1 saturated heterocycles. The van der Waals surface area contributed by atoms with Gasteiger partial charge in [-0.1, -0.05) is 25.5 Å². The van der Waals surface area contributed by atoms with E-state index in [0.717, 1.165) is 37.1 Å².